The highest BCUT2D eigenvalue weighted by Crippen LogP contribution is 2.31. The number of carbonyl (C=O) groups excluding carboxylic acids is 2. The second kappa shape index (κ2) is 8.87. The standard InChI is InChI=1S/C21H16F3N5O2S/c22-21(23,24)13-4-3-5-14(8-13)27-18(30)9-17-19(31)28-20(32-17)29-26-11-12-10-25-16-7-2-1-6-15(12)16/h1-8,10-11,17,25H,9H2,(H,27,30)(H,28,29,31)/b26-11+. The van der Waals surface area contributed by atoms with Crippen LogP contribution in [0.5, 0.6) is 0 Å². The van der Waals surface area contributed by atoms with Gasteiger partial charge in [-0.05, 0) is 24.3 Å². The van der Waals surface area contributed by atoms with Crippen LogP contribution in [0.3, 0.4) is 0 Å². The highest BCUT2D eigenvalue weighted by molar-refractivity contribution is 8.15. The van der Waals surface area contributed by atoms with E-state index in [-0.39, 0.29) is 17.3 Å². The van der Waals surface area contributed by atoms with E-state index in [1.54, 1.807) is 12.4 Å². The van der Waals surface area contributed by atoms with E-state index in [1.807, 2.05) is 24.3 Å². The van der Waals surface area contributed by atoms with Gasteiger partial charge in [0.2, 0.25) is 11.8 Å². The Hall–Kier alpha value is -3.60. The first-order chi connectivity index (χ1) is 15.3. The third-order valence-corrected chi connectivity index (χ3v) is 5.66. The molecule has 0 radical (unpaired) electrons. The van der Waals surface area contributed by atoms with Crippen LogP contribution in [0.2, 0.25) is 0 Å². The first kappa shape index (κ1) is 21.6. The number of aromatic amines is 1. The fourth-order valence-corrected chi connectivity index (χ4v) is 4.01. The smallest absolute Gasteiger partial charge is 0.361 e. The van der Waals surface area contributed by atoms with Crippen molar-refractivity contribution in [3.63, 3.8) is 0 Å². The summed E-state index contributed by atoms with van der Waals surface area (Å²) in [6.07, 6.45) is -1.40. The van der Waals surface area contributed by atoms with Gasteiger partial charge in [-0.2, -0.15) is 18.3 Å². The average molecular weight is 459 g/mol. The predicted molar refractivity (Wildman–Crippen MR) is 118 cm³/mol. The number of hydrogen-bond donors (Lipinski definition) is 3. The zero-order valence-corrected chi connectivity index (χ0v) is 17.1. The Morgan fingerprint density at radius 3 is 2.81 bits per heavy atom. The quantitative estimate of drug-likeness (QED) is 0.395. The number of aromatic nitrogens is 1. The Kier molecular flexibility index (Phi) is 5.99. The van der Waals surface area contributed by atoms with Crippen molar-refractivity contribution in [2.75, 3.05) is 5.32 Å². The van der Waals surface area contributed by atoms with E-state index in [2.05, 4.69) is 25.8 Å². The molecule has 4 rings (SSSR count). The number of alkyl halides is 3. The van der Waals surface area contributed by atoms with Crippen molar-refractivity contribution < 1.29 is 22.8 Å². The Morgan fingerprint density at radius 2 is 2.00 bits per heavy atom. The molecule has 1 aliphatic rings. The highest BCUT2D eigenvalue weighted by Gasteiger charge is 2.33. The van der Waals surface area contributed by atoms with Crippen molar-refractivity contribution in [1.29, 1.82) is 0 Å². The summed E-state index contributed by atoms with van der Waals surface area (Å²) in [4.78, 5) is 27.5. The number of anilines is 1. The summed E-state index contributed by atoms with van der Waals surface area (Å²) in [7, 11) is 0. The largest absolute Gasteiger partial charge is 0.416 e. The number of amidine groups is 1. The lowest BCUT2D eigenvalue weighted by atomic mass is 10.2. The molecule has 1 atom stereocenters. The van der Waals surface area contributed by atoms with Crippen LogP contribution in [0.4, 0.5) is 18.9 Å². The molecule has 1 aliphatic heterocycles. The number of H-pyrrole nitrogens is 1. The molecule has 1 fully saturated rings. The zero-order chi connectivity index (χ0) is 22.7. The van der Waals surface area contributed by atoms with Crippen LogP contribution in [0, 0.1) is 0 Å². The minimum Gasteiger partial charge on any atom is -0.361 e. The molecule has 3 N–H and O–H groups in total. The van der Waals surface area contributed by atoms with Crippen LogP contribution < -0.4 is 10.6 Å². The van der Waals surface area contributed by atoms with E-state index < -0.39 is 28.8 Å². The molecule has 0 bridgehead atoms. The number of fused-ring (bicyclic) bond motifs is 1. The number of hydrogen-bond acceptors (Lipinski definition) is 5. The van der Waals surface area contributed by atoms with Crippen molar-refractivity contribution in [3.05, 3.63) is 65.9 Å². The molecule has 2 amide bonds. The second-order valence-corrected chi connectivity index (χ2v) is 8.06. The van der Waals surface area contributed by atoms with Gasteiger partial charge in [-0.1, -0.05) is 36.0 Å². The molecule has 32 heavy (non-hydrogen) atoms. The minimum atomic E-state index is -4.51. The fourth-order valence-electron chi connectivity index (χ4n) is 3.08. The Labute approximate surface area is 184 Å². The second-order valence-electron chi connectivity index (χ2n) is 6.87. The Bertz CT molecular complexity index is 1240. The maximum Gasteiger partial charge on any atom is 0.416 e. The van der Waals surface area contributed by atoms with Crippen LogP contribution in [0.1, 0.15) is 17.5 Å². The third kappa shape index (κ3) is 4.99. The van der Waals surface area contributed by atoms with Gasteiger partial charge in [-0.3, -0.25) is 9.59 Å². The van der Waals surface area contributed by atoms with Crippen molar-refractivity contribution in [2.24, 2.45) is 10.2 Å². The van der Waals surface area contributed by atoms with E-state index in [9.17, 15) is 22.8 Å². The summed E-state index contributed by atoms with van der Waals surface area (Å²) in [5.74, 6) is -1.00. The summed E-state index contributed by atoms with van der Waals surface area (Å²) in [5, 5.41) is 13.4. The number of amides is 2. The zero-order valence-electron chi connectivity index (χ0n) is 16.3. The molecule has 0 aliphatic carbocycles. The molecule has 1 unspecified atom stereocenters. The van der Waals surface area contributed by atoms with Gasteiger partial charge in [0.1, 0.15) is 5.25 Å². The lowest BCUT2D eigenvalue weighted by Crippen LogP contribution is -2.28. The Morgan fingerprint density at radius 1 is 1.19 bits per heavy atom. The molecular weight excluding hydrogens is 443 g/mol. The molecule has 0 spiro atoms. The summed E-state index contributed by atoms with van der Waals surface area (Å²) >= 11 is 1.03. The SMILES string of the molecule is O=C(CC1S/C(=N/N=C/c2c[nH]c3ccccc23)NC1=O)Nc1cccc(C(F)(F)F)c1. The number of nitrogens with one attached hydrogen (secondary N) is 3. The number of halogens is 3. The summed E-state index contributed by atoms with van der Waals surface area (Å²) in [5.41, 5.74) is 0.921. The Balaban J connectivity index is 1.36. The summed E-state index contributed by atoms with van der Waals surface area (Å²) in [6, 6.07) is 12.0. The van der Waals surface area contributed by atoms with Crippen molar-refractivity contribution in [1.82, 2.24) is 10.3 Å². The molecular formula is C21H16F3N5O2S. The van der Waals surface area contributed by atoms with Gasteiger partial charge in [-0.15, -0.1) is 5.10 Å². The number of para-hydroxylation sites is 1. The van der Waals surface area contributed by atoms with Crippen molar-refractivity contribution in [3.8, 4) is 0 Å². The fraction of sp³-hybridized carbons (Fsp3) is 0.143. The van der Waals surface area contributed by atoms with Crippen LogP contribution in [0.25, 0.3) is 10.9 Å². The molecule has 0 saturated carbocycles. The summed E-state index contributed by atoms with van der Waals surface area (Å²) < 4.78 is 38.4. The minimum absolute atomic E-state index is 0.00505. The predicted octanol–water partition coefficient (Wildman–Crippen LogP) is 4.14. The molecule has 164 valence electrons. The van der Waals surface area contributed by atoms with Crippen LogP contribution >= 0.6 is 11.8 Å². The third-order valence-electron chi connectivity index (χ3n) is 4.59. The summed E-state index contributed by atoms with van der Waals surface area (Å²) in [6.45, 7) is 0. The van der Waals surface area contributed by atoms with Crippen LogP contribution in [-0.4, -0.2) is 33.4 Å². The highest BCUT2D eigenvalue weighted by atomic mass is 32.2. The molecule has 2 heterocycles. The average Bonchev–Trinajstić information content (AvgIpc) is 3.31. The molecule has 1 saturated heterocycles. The van der Waals surface area contributed by atoms with Crippen molar-refractivity contribution >= 4 is 51.5 Å². The molecule has 1 aromatic heterocycles. The van der Waals surface area contributed by atoms with Crippen LogP contribution in [0.15, 0.2) is 64.9 Å². The van der Waals surface area contributed by atoms with E-state index >= 15 is 0 Å². The monoisotopic (exact) mass is 459 g/mol. The normalized spacial score (nSPS) is 17.9. The van der Waals surface area contributed by atoms with E-state index in [4.69, 9.17) is 0 Å². The van der Waals surface area contributed by atoms with Gasteiger partial charge in [-0.25, -0.2) is 0 Å². The van der Waals surface area contributed by atoms with Crippen LogP contribution in [-0.2, 0) is 15.8 Å². The molecule has 11 heteroatoms. The molecule has 7 nitrogen and oxygen atoms in total. The molecule has 3 aromatic rings. The van der Waals surface area contributed by atoms with E-state index in [0.29, 0.717) is 0 Å². The lowest BCUT2D eigenvalue weighted by molar-refractivity contribution is -0.137. The van der Waals surface area contributed by atoms with Gasteiger partial charge in [0, 0.05) is 34.8 Å². The van der Waals surface area contributed by atoms with Gasteiger partial charge >= 0.3 is 6.18 Å². The van der Waals surface area contributed by atoms with Gasteiger partial charge in [0.05, 0.1) is 11.8 Å². The number of carbonyl (C=O) groups is 2. The number of thioether (sulfide) groups is 1. The number of rotatable bonds is 5. The maximum absolute atomic E-state index is 12.8. The lowest BCUT2D eigenvalue weighted by Gasteiger charge is -2.10. The van der Waals surface area contributed by atoms with E-state index in [1.165, 1.54) is 12.1 Å². The van der Waals surface area contributed by atoms with Gasteiger partial charge in [0.25, 0.3) is 0 Å². The first-order valence-electron chi connectivity index (χ1n) is 9.41. The number of benzene rings is 2. The molecule has 2 aromatic carbocycles. The maximum atomic E-state index is 12.8. The number of nitrogens with zero attached hydrogens (tertiary/aromatic N) is 2. The van der Waals surface area contributed by atoms with E-state index in [0.717, 1.165) is 40.4 Å². The van der Waals surface area contributed by atoms with Gasteiger partial charge in [0.15, 0.2) is 5.17 Å². The van der Waals surface area contributed by atoms with Gasteiger partial charge < -0.3 is 15.6 Å². The first-order valence-corrected chi connectivity index (χ1v) is 10.3. The topological polar surface area (TPSA) is 98.7 Å². The van der Waals surface area contributed by atoms with Crippen molar-refractivity contribution in [2.45, 2.75) is 17.8 Å².